The second-order valence-corrected chi connectivity index (χ2v) is 5.50. The Bertz CT molecular complexity index is 666. The molecule has 0 amide bonds. The molecule has 108 valence electrons. The SMILES string of the molecule is Cc1ccc(C)c(C(=O)/C=C/c2ccc(N(C)C)cc2)c1. The molecule has 0 spiro atoms. The molecular weight excluding hydrogens is 258 g/mol. The number of benzene rings is 2. The van der Waals surface area contributed by atoms with Gasteiger partial charge in [-0.1, -0.05) is 35.9 Å². The second-order valence-electron chi connectivity index (χ2n) is 5.50. The lowest BCUT2D eigenvalue weighted by molar-refractivity contribution is 0.104. The molecule has 2 heteroatoms. The van der Waals surface area contributed by atoms with Crippen LogP contribution in [0, 0.1) is 13.8 Å². The van der Waals surface area contributed by atoms with Gasteiger partial charge in [-0.25, -0.2) is 0 Å². The molecule has 0 saturated carbocycles. The van der Waals surface area contributed by atoms with E-state index in [-0.39, 0.29) is 5.78 Å². The van der Waals surface area contributed by atoms with Crippen molar-refractivity contribution in [1.82, 2.24) is 0 Å². The average molecular weight is 279 g/mol. The van der Waals surface area contributed by atoms with E-state index in [9.17, 15) is 4.79 Å². The van der Waals surface area contributed by atoms with E-state index in [1.807, 2.05) is 76.5 Å². The van der Waals surface area contributed by atoms with Crippen LogP contribution in [-0.2, 0) is 0 Å². The molecule has 0 heterocycles. The maximum atomic E-state index is 12.3. The van der Waals surface area contributed by atoms with Crippen LogP contribution in [0.2, 0.25) is 0 Å². The summed E-state index contributed by atoms with van der Waals surface area (Å²) in [5.41, 5.74) is 5.06. The first-order valence-corrected chi connectivity index (χ1v) is 7.04. The van der Waals surface area contributed by atoms with E-state index in [1.165, 1.54) is 0 Å². The van der Waals surface area contributed by atoms with E-state index >= 15 is 0 Å². The Morgan fingerprint density at radius 2 is 1.67 bits per heavy atom. The average Bonchev–Trinajstić information content (AvgIpc) is 2.47. The van der Waals surface area contributed by atoms with Crippen molar-refractivity contribution < 1.29 is 4.79 Å². The number of allylic oxidation sites excluding steroid dienone is 1. The number of carbonyl (C=O) groups excluding carboxylic acids is 1. The summed E-state index contributed by atoms with van der Waals surface area (Å²) >= 11 is 0. The summed E-state index contributed by atoms with van der Waals surface area (Å²) in [4.78, 5) is 14.3. The van der Waals surface area contributed by atoms with Gasteiger partial charge >= 0.3 is 0 Å². The Morgan fingerprint density at radius 3 is 2.29 bits per heavy atom. The number of hydrogen-bond donors (Lipinski definition) is 0. The van der Waals surface area contributed by atoms with Gasteiger partial charge in [0.05, 0.1) is 0 Å². The topological polar surface area (TPSA) is 20.3 Å². The third-order valence-corrected chi connectivity index (χ3v) is 3.50. The molecule has 0 bridgehead atoms. The molecule has 2 nitrogen and oxygen atoms in total. The first-order chi connectivity index (χ1) is 9.97. The molecule has 2 aromatic rings. The second kappa shape index (κ2) is 6.40. The molecule has 0 aromatic heterocycles. The molecule has 0 aliphatic rings. The lowest BCUT2D eigenvalue weighted by Gasteiger charge is -2.11. The zero-order chi connectivity index (χ0) is 15.4. The van der Waals surface area contributed by atoms with Crippen molar-refractivity contribution in [2.24, 2.45) is 0 Å². The Kier molecular flexibility index (Phi) is 4.59. The van der Waals surface area contributed by atoms with Crippen molar-refractivity contribution in [2.75, 3.05) is 19.0 Å². The van der Waals surface area contributed by atoms with Crippen molar-refractivity contribution in [2.45, 2.75) is 13.8 Å². The van der Waals surface area contributed by atoms with Gasteiger partial charge in [0, 0.05) is 25.3 Å². The fourth-order valence-corrected chi connectivity index (χ4v) is 2.15. The molecule has 21 heavy (non-hydrogen) atoms. The van der Waals surface area contributed by atoms with Gasteiger partial charge in [0.25, 0.3) is 0 Å². The van der Waals surface area contributed by atoms with Crippen LogP contribution in [0.15, 0.2) is 48.5 Å². The molecule has 0 atom stereocenters. The van der Waals surface area contributed by atoms with Crippen molar-refractivity contribution in [3.63, 3.8) is 0 Å². The summed E-state index contributed by atoms with van der Waals surface area (Å²) in [6.45, 7) is 3.96. The third kappa shape index (κ3) is 3.82. The maximum Gasteiger partial charge on any atom is 0.186 e. The van der Waals surface area contributed by atoms with Crippen LogP contribution in [0.5, 0.6) is 0 Å². The van der Waals surface area contributed by atoms with Crippen molar-refractivity contribution in [1.29, 1.82) is 0 Å². The van der Waals surface area contributed by atoms with Crippen LogP contribution < -0.4 is 4.90 Å². The minimum absolute atomic E-state index is 0.0490. The summed E-state index contributed by atoms with van der Waals surface area (Å²) in [6, 6.07) is 14.1. The van der Waals surface area contributed by atoms with E-state index in [1.54, 1.807) is 6.08 Å². The number of carbonyl (C=O) groups is 1. The normalized spacial score (nSPS) is 10.9. The van der Waals surface area contributed by atoms with Crippen LogP contribution in [0.25, 0.3) is 6.08 Å². The predicted octanol–water partition coefficient (Wildman–Crippen LogP) is 4.27. The Labute approximate surface area is 126 Å². The number of aryl methyl sites for hydroxylation is 2. The third-order valence-electron chi connectivity index (χ3n) is 3.50. The van der Waals surface area contributed by atoms with E-state index in [2.05, 4.69) is 4.90 Å². The van der Waals surface area contributed by atoms with Crippen molar-refractivity contribution >= 4 is 17.5 Å². The molecular formula is C19H21NO. The van der Waals surface area contributed by atoms with Crippen molar-refractivity contribution in [3.8, 4) is 0 Å². The maximum absolute atomic E-state index is 12.3. The van der Waals surface area contributed by atoms with Crippen molar-refractivity contribution in [3.05, 3.63) is 70.8 Å². The van der Waals surface area contributed by atoms with Gasteiger partial charge in [-0.3, -0.25) is 4.79 Å². The van der Waals surface area contributed by atoms with Gasteiger partial charge in [-0.05, 0) is 49.2 Å². The molecule has 0 aliphatic carbocycles. The number of anilines is 1. The molecule has 0 saturated heterocycles. The first kappa shape index (κ1) is 15.0. The molecule has 0 fully saturated rings. The summed E-state index contributed by atoms with van der Waals surface area (Å²) in [7, 11) is 4.02. The first-order valence-electron chi connectivity index (χ1n) is 7.04. The Balaban J connectivity index is 2.16. The van der Waals surface area contributed by atoms with E-state index in [4.69, 9.17) is 0 Å². The van der Waals surface area contributed by atoms with Crippen LogP contribution in [0.3, 0.4) is 0 Å². The van der Waals surface area contributed by atoms with E-state index in [0.29, 0.717) is 0 Å². The summed E-state index contributed by atoms with van der Waals surface area (Å²) in [5, 5.41) is 0. The van der Waals surface area contributed by atoms with E-state index < -0.39 is 0 Å². The zero-order valence-electron chi connectivity index (χ0n) is 13.1. The standard InChI is InChI=1S/C19H21NO/c1-14-5-6-15(2)18(13-14)19(21)12-9-16-7-10-17(11-8-16)20(3)4/h5-13H,1-4H3/b12-9+. The smallest absolute Gasteiger partial charge is 0.186 e. The van der Waals surface area contributed by atoms with E-state index in [0.717, 1.165) is 27.9 Å². The van der Waals surface area contributed by atoms with Gasteiger partial charge in [-0.2, -0.15) is 0 Å². The lowest BCUT2D eigenvalue weighted by atomic mass is 10.0. The Hall–Kier alpha value is -2.35. The molecule has 0 radical (unpaired) electrons. The molecule has 2 aromatic carbocycles. The van der Waals surface area contributed by atoms with Gasteiger partial charge < -0.3 is 4.90 Å². The minimum atomic E-state index is 0.0490. The predicted molar refractivity (Wildman–Crippen MR) is 90.0 cm³/mol. The summed E-state index contributed by atoms with van der Waals surface area (Å²) in [5.74, 6) is 0.0490. The van der Waals surface area contributed by atoms with Crippen LogP contribution in [-0.4, -0.2) is 19.9 Å². The van der Waals surface area contributed by atoms with Gasteiger partial charge in [0.1, 0.15) is 0 Å². The monoisotopic (exact) mass is 279 g/mol. The fourth-order valence-electron chi connectivity index (χ4n) is 2.15. The van der Waals surface area contributed by atoms with Crippen LogP contribution >= 0.6 is 0 Å². The number of nitrogens with zero attached hydrogens (tertiary/aromatic N) is 1. The number of rotatable bonds is 4. The summed E-state index contributed by atoms with van der Waals surface area (Å²) < 4.78 is 0. The van der Waals surface area contributed by atoms with Gasteiger partial charge in [0.15, 0.2) is 5.78 Å². The number of ketones is 1. The highest BCUT2D eigenvalue weighted by molar-refractivity contribution is 6.07. The van der Waals surface area contributed by atoms with Gasteiger partial charge in [0.2, 0.25) is 0 Å². The molecule has 0 N–H and O–H groups in total. The molecule has 2 rings (SSSR count). The number of hydrogen-bond acceptors (Lipinski definition) is 2. The summed E-state index contributed by atoms with van der Waals surface area (Å²) in [6.07, 6.45) is 3.51. The largest absolute Gasteiger partial charge is 0.378 e. The van der Waals surface area contributed by atoms with Crippen LogP contribution in [0.4, 0.5) is 5.69 Å². The highest BCUT2D eigenvalue weighted by Gasteiger charge is 2.05. The Morgan fingerprint density at radius 1 is 1.00 bits per heavy atom. The molecule has 0 aliphatic heterocycles. The minimum Gasteiger partial charge on any atom is -0.378 e. The highest BCUT2D eigenvalue weighted by Crippen LogP contribution is 2.15. The highest BCUT2D eigenvalue weighted by atomic mass is 16.1. The van der Waals surface area contributed by atoms with Gasteiger partial charge in [-0.15, -0.1) is 0 Å². The zero-order valence-corrected chi connectivity index (χ0v) is 13.1. The molecule has 0 unspecified atom stereocenters. The van der Waals surface area contributed by atoms with Crippen LogP contribution in [0.1, 0.15) is 27.0 Å². The fraction of sp³-hybridized carbons (Fsp3) is 0.211. The lowest BCUT2D eigenvalue weighted by Crippen LogP contribution is -2.07. The quantitative estimate of drug-likeness (QED) is 0.615.